The molecule has 1 aromatic carbocycles. The van der Waals surface area contributed by atoms with Crippen molar-refractivity contribution >= 4 is 29.3 Å². The molecule has 1 fully saturated rings. The van der Waals surface area contributed by atoms with E-state index in [-0.39, 0.29) is 22.9 Å². The SMILES string of the molecule is O=C(C=Cc1ccc(F)cc1)NC(=S)NN1CCCCC1c1cccnc1. The summed E-state index contributed by atoms with van der Waals surface area (Å²) in [5.41, 5.74) is 4.98. The molecule has 7 heteroatoms. The lowest BCUT2D eigenvalue weighted by Gasteiger charge is -2.36. The highest BCUT2D eigenvalue weighted by Gasteiger charge is 2.24. The highest BCUT2D eigenvalue weighted by atomic mass is 32.1. The van der Waals surface area contributed by atoms with E-state index in [1.54, 1.807) is 24.4 Å². The van der Waals surface area contributed by atoms with Gasteiger partial charge in [0.2, 0.25) is 5.91 Å². The lowest BCUT2D eigenvalue weighted by atomic mass is 9.98. The van der Waals surface area contributed by atoms with Crippen LogP contribution in [0.2, 0.25) is 0 Å². The molecule has 0 bridgehead atoms. The Balaban J connectivity index is 1.55. The molecule has 1 saturated heterocycles. The number of piperidine rings is 1. The summed E-state index contributed by atoms with van der Waals surface area (Å²) in [4.78, 5) is 16.2. The molecule has 27 heavy (non-hydrogen) atoms. The van der Waals surface area contributed by atoms with Gasteiger partial charge in [-0.3, -0.25) is 20.5 Å². The molecule has 1 aromatic heterocycles. The summed E-state index contributed by atoms with van der Waals surface area (Å²) in [6.45, 7) is 0.834. The van der Waals surface area contributed by atoms with E-state index in [2.05, 4.69) is 15.7 Å². The maximum atomic E-state index is 12.9. The molecule has 2 heterocycles. The summed E-state index contributed by atoms with van der Waals surface area (Å²) in [5, 5.41) is 4.94. The number of rotatable bonds is 4. The zero-order valence-electron chi connectivity index (χ0n) is 14.8. The van der Waals surface area contributed by atoms with Crippen LogP contribution in [0.3, 0.4) is 0 Å². The van der Waals surface area contributed by atoms with E-state index in [9.17, 15) is 9.18 Å². The number of hydrazine groups is 1. The van der Waals surface area contributed by atoms with Crippen molar-refractivity contribution < 1.29 is 9.18 Å². The number of carbonyl (C=O) groups is 1. The first kappa shape index (κ1) is 19.1. The topological polar surface area (TPSA) is 57.3 Å². The van der Waals surface area contributed by atoms with Crippen LogP contribution in [0.1, 0.15) is 36.4 Å². The highest BCUT2D eigenvalue weighted by molar-refractivity contribution is 7.80. The molecule has 0 saturated carbocycles. The molecular weight excluding hydrogens is 363 g/mol. The van der Waals surface area contributed by atoms with Crippen molar-refractivity contribution in [3.63, 3.8) is 0 Å². The van der Waals surface area contributed by atoms with Crippen LogP contribution in [0.15, 0.2) is 54.9 Å². The molecule has 2 N–H and O–H groups in total. The minimum absolute atomic E-state index is 0.164. The van der Waals surface area contributed by atoms with Crippen molar-refractivity contribution in [3.05, 3.63) is 71.8 Å². The maximum absolute atomic E-state index is 12.9. The van der Waals surface area contributed by atoms with Crippen molar-refractivity contribution in [2.75, 3.05) is 6.54 Å². The van der Waals surface area contributed by atoms with Gasteiger partial charge in [-0.1, -0.05) is 24.6 Å². The Bertz CT molecular complexity index is 810. The van der Waals surface area contributed by atoms with E-state index in [4.69, 9.17) is 12.2 Å². The molecule has 0 radical (unpaired) electrons. The van der Waals surface area contributed by atoms with Crippen molar-refractivity contribution in [1.82, 2.24) is 20.7 Å². The van der Waals surface area contributed by atoms with Crippen LogP contribution < -0.4 is 10.7 Å². The third-order valence-electron chi connectivity index (χ3n) is 4.35. The zero-order valence-corrected chi connectivity index (χ0v) is 15.6. The van der Waals surface area contributed by atoms with Gasteiger partial charge in [0.15, 0.2) is 5.11 Å². The summed E-state index contributed by atoms with van der Waals surface area (Å²) >= 11 is 5.28. The molecule has 0 aliphatic carbocycles. The lowest BCUT2D eigenvalue weighted by Crippen LogP contribution is -2.51. The summed E-state index contributed by atoms with van der Waals surface area (Å²) in [5.74, 6) is -0.654. The van der Waals surface area contributed by atoms with Gasteiger partial charge in [-0.15, -0.1) is 0 Å². The van der Waals surface area contributed by atoms with Crippen molar-refractivity contribution in [2.24, 2.45) is 0 Å². The van der Waals surface area contributed by atoms with Gasteiger partial charge in [0.05, 0.1) is 6.04 Å². The molecule has 0 spiro atoms. The summed E-state index contributed by atoms with van der Waals surface area (Å²) in [7, 11) is 0. The van der Waals surface area contributed by atoms with Crippen molar-refractivity contribution in [2.45, 2.75) is 25.3 Å². The number of hydrogen-bond donors (Lipinski definition) is 2. The summed E-state index contributed by atoms with van der Waals surface area (Å²) in [6.07, 6.45) is 9.79. The van der Waals surface area contributed by atoms with Gasteiger partial charge in [-0.05, 0) is 60.5 Å². The van der Waals surface area contributed by atoms with Crippen LogP contribution in [0.25, 0.3) is 6.08 Å². The van der Waals surface area contributed by atoms with Crippen LogP contribution in [0, 0.1) is 5.82 Å². The minimum Gasteiger partial charge on any atom is -0.298 e. The average Bonchev–Trinajstić information content (AvgIpc) is 2.68. The molecule has 1 aliphatic heterocycles. The minimum atomic E-state index is -0.341. The number of halogens is 1. The normalized spacial score (nSPS) is 17.6. The van der Waals surface area contributed by atoms with E-state index < -0.39 is 0 Å². The van der Waals surface area contributed by atoms with Crippen LogP contribution in [0.5, 0.6) is 0 Å². The average molecular weight is 384 g/mol. The number of amides is 1. The Morgan fingerprint density at radius 2 is 2.07 bits per heavy atom. The lowest BCUT2D eigenvalue weighted by molar-refractivity contribution is -0.115. The first-order chi connectivity index (χ1) is 13.1. The first-order valence-electron chi connectivity index (χ1n) is 8.83. The Morgan fingerprint density at radius 3 is 2.81 bits per heavy atom. The van der Waals surface area contributed by atoms with Gasteiger partial charge < -0.3 is 0 Å². The number of carbonyl (C=O) groups excluding carboxylic acids is 1. The van der Waals surface area contributed by atoms with Gasteiger partial charge >= 0.3 is 0 Å². The smallest absolute Gasteiger partial charge is 0.250 e. The number of benzene rings is 1. The maximum Gasteiger partial charge on any atom is 0.250 e. The molecule has 2 aromatic rings. The largest absolute Gasteiger partial charge is 0.298 e. The number of aromatic nitrogens is 1. The van der Waals surface area contributed by atoms with Crippen LogP contribution >= 0.6 is 12.2 Å². The Hall–Kier alpha value is -2.64. The molecule has 5 nitrogen and oxygen atoms in total. The van der Waals surface area contributed by atoms with Crippen LogP contribution in [-0.4, -0.2) is 27.6 Å². The number of nitrogens with one attached hydrogen (secondary N) is 2. The number of hydrogen-bond acceptors (Lipinski definition) is 4. The molecule has 140 valence electrons. The molecule has 1 aliphatic rings. The van der Waals surface area contributed by atoms with Gasteiger partial charge in [0.25, 0.3) is 0 Å². The fraction of sp³-hybridized carbons (Fsp3) is 0.250. The summed E-state index contributed by atoms with van der Waals surface area (Å²) in [6, 6.07) is 10.0. The van der Waals surface area contributed by atoms with Crippen molar-refractivity contribution in [3.8, 4) is 0 Å². The fourth-order valence-corrected chi connectivity index (χ4v) is 3.26. The Labute approximate surface area is 163 Å². The van der Waals surface area contributed by atoms with Gasteiger partial charge in [0.1, 0.15) is 5.82 Å². The van der Waals surface area contributed by atoms with Crippen LogP contribution in [-0.2, 0) is 4.79 Å². The Kier molecular flexibility index (Phi) is 6.62. The second-order valence-corrected chi connectivity index (χ2v) is 6.71. The number of nitrogens with zero attached hydrogens (tertiary/aromatic N) is 2. The third kappa shape index (κ3) is 5.67. The molecule has 1 unspecified atom stereocenters. The van der Waals surface area contributed by atoms with Crippen molar-refractivity contribution in [1.29, 1.82) is 0 Å². The first-order valence-corrected chi connectivity index (χ1v) is 9.24. The van der Waals surface area contributed by atoms with Gasteiger partial charge in [-0.2, -0.15) is 0 Å². The number of pyridine rings is 1. The predicted octanol–water partition coefficient (Wildman–Crippen LogP) is 3.37. The van der Waals surface area contributed by atoms with E-state index >= 15 is 0 Å². The standard InChI is InChI=1S/C20H21FN4OS/c21-17-9-6-15(7-10-17)8-11-19(26)23-20(27)24-25-13-2-1-5-18(25)16-4-3-12-22-14-16/h3-4,6-12,14,18H,1-2,5,13H2,(H2,23,24,26,27). The summed E-state index contributed by atoms with van der Waals surface area (Å²) < 4.78 is 12.9. The van der Waals surface area contributed by atoms with E-state index in [0.717, 1.165) is 36.9 Å². The van der Waals surface area contributed by atoms with E-state index in [0.29, 0.717) is 0 Å². The predicted molar refractivity (Wildman–Crippen MR) is 107 cm³/mol. The monoisotopic (exact) mass is 384 g/mol. The highest BCUT2D eigenvalue weighted by Crippen LogP contribution is 2.28. The fourth-order valence-electron chi connectivity index (χ4n) is 3.04. The number of thiocarbonyl (C=S) groups is 1. The third-order valence-corrected chi connectivity index (χ3v) is 4.54. The molecule has 1 amide bonds. The second kappa shape index (κ2) is 9.34. The second-order valence-electron chi connectivity index (χ2n) is 6.31. The van der Waals surface area contributed by atoms with Crippen LogP contribution in [0.4, 0.5) is 4.39 Å². The van der Waals surface area contributed by atoms with E-state index in [1.807, 2.05) is 23.3 Å². The zero-order chi connectivity index (χ0) is 19.1. The van der Waals surface area contributed by atoms with Gasteiger partial charge in [-0.25, -0.2) is 9.40 Å². The van der Waals surface area contributed by atoms with Gasteiger partial charge in [0, 0.05) is 25.0 Å². The van der Waals surface area contributed by atoms with E-state index in [1.165, 1.54) is 18.2 Å². The quantitative estimate of drug-likeness (QED) is 0.625. The Morgan fingerprint density at radius 1 is 1.26 bits per heavy atom. The molecule has 1 atom stereocenters. The molecule has 3 rings (SSSR count). The molecular formula is C20H21FN4OS.